The number of hydrogen-bond donors (Lipinski definition) is 0. The van der Waals surface area contributed by atoms with E-state index in [1.165, 1.54) is 66.6 Å². The zero-order chi connectivity index (χ0) is 35.9. The summed E-state index contributed by atoms with van der Waals surface area (Å²) in [6, 6.07) is 37.1. The van der Waals surface area contributed by atoms with Gasteiger partial charge in [0.25, 0.3) is 0 Å². The molecule has 264 valence electrons. The van der Waals surface area contributed by atoms with Gasteiger partial charge in [0.15, 0.2) is 0 Å². The van der Waals surface area contributed by atoms with Crippen LogP contribution >= 0.6 is 15.8 Å². The largest absolute Gasteiger partial charge is 2.00 e. The second-order valence-corrected chi connectivity index (χ2v) is 18.4. The van der Waals surface area contributed by atoms with Crippen LogP contribution in [-0.4, -0.2) is 50.1 Å². The fraction of sp³-hybridized carbons (Fsp3) is 0.261. The molecular weight excluding hydrogens is 698 g/mol. The molecule has 2 aliphatic rings. The number of aryl methyl sites for hydroxylation is 4. The topological polar surface area (TPSA) is 6.48 Å². The van der Waals surface area contributed by atoms with Crippen molar-refractivity contribution in [2.75, 3.05) is 28.2 Å². The van der Waals surface area contributed by atoms with Gasteiger partial charge in [-0.2, -0.15) is 0 Å². The minimum atomic E-state index is -0.538. The van der Waals surface area contributed by atoms with E-state index in [4.69, 9.17) is 0 Å². The molecule has 2 saturated carbocycles. The van der Waals surface area contributed by atoms with Crippen molar-refractivity contribution in [2.45, 2.75) is 53.6 Å². The van der Waals surface area contributed by atoms with Gasteiger partial charge in [-0.3, -0.25) is 0 Å². The predicted octanol–water partition coefficient (Wildman–Crippen LogP) is 8.84. The van der Waals surface area contributed by atoms with Gasteiger partial charge in [0.2, 0.25) is 0 Å². The zero-order valence-corrected chi connectivity index (χ0v) is 34.9. The maximum Gasteiger partial charge on any atom is 2.00 e. The van der Waals surface area contributed by atoms with Gasteiger partial charge >= 0.3 is 17.1 Å². The van der Waals surface area contributed by atoms with E-state index in [2.05, 4.69) is 215 Å². The summed E-state index contributed by atoms with van der Waals surface area (Å²) in [5, 5.41) is 5.68. The number of nitrogens with zero attached hydrogens (tertiary/aromatic N) is 2. The molecule has 0 amide bonds. The summed E-state index contributed by atoms with van der Waals surface area (Å²) in [6.45, 7) is 13.2. The summed E-state index contributed by atoms with van der Waals surface area (Å²) < 4.78 is 0. The van der Waals surface area contributed by atoms with Crippen molar-refractivity contribution < 1.29 is 17.1 Å². The Bertz CT molecular complexity index is 1390. The van der Waals surface area contributed by atoms with Crippen molar-refractivity contribution in [3.63, 3.8) is 0 Å². The standard InChI is InChI=1S/2C23H27NP.Fe/c2*1-17-9-13-20(14-10-17)25(21-15-11-18(2)12-16-21)23-8-6-7-22(23)19(3)24(4)5;/h2*6-16,19H,1-5H3;/q;;+2/t2*19-;/m00./s1. The third kappa shape index (κ3) is 10.7. The quantitative estimate of drug-likeness (QED) is 0.118. The number of benzene rings is 4. The zero-order valence-electron chi connectivity index (χ0n) is 32.0. The van der Waals surface area contributed by atoms with Crippen LogP contribution in [0.3, 0.4) is 0 Å². The summed E-state index contributed by atoms with van der Waals surface area (Å²) in [4.78, 5) is 4.58. The van der Waals surface area contributed by atoms with Gasteiger partial charge in [-0.25, -0.2) is 0 Å². The van der Waals surface area contributed by atoms with Crippen molar-refractivity contribution in [1.29, 1.82) is 0 Å². The Balaban J connectivity index is 0.000000224. The maximum absolute atomic E-state index is 2.32. The van der Waals surface area contributed by atoms with Gasteiger partial charge in [-0.1, -0.05) is 119 Å². The molecule has 2 aliphatic carbocycles. The van der Waals surface area contributed by atoms with Crippen LogP contribution in [0, 0.1) is 89.4 Å². The summed E-state index contributed by atoms with van der Waals surface area (Å²) in [7, 11) is 7.54. The Labute approximate surface area is 325 Å². The fourth-order valence-corrected chi connectivity index (χ4v) is 11.2. The van der Waals surface area contributed by atoms with Crippen LogP contribution in [0.4, 0.5) is 0 Å². The van der Waals surface area contributed by atoms with E-state index in [0.717, 1.165) is 0 Å². The van der Waals surface area contributed by atoms with Crippen molar-refractivity contribution in [2.24, 2.45) is 0 Å². The van der Waals surface area contributed by atoms with Crippen LogP contribution in [0.15, 0.2) is 97.1 Å². The molecule has 2 nitrogen and oxygen atoms in total. The van der Waals surface area contributed by atoms with Gasteiger partial charge in [-0.05, 0) is 145 Å². The van der Waals surface area contributed by atoms with Crippen LogP contribution in [-0.2, 0) is 17.1 Å². The molecule has 2 atom stereocenters. The van der Waals surface area contributed by atoms with Crippen LogP contribution in [0.25, 0.3) is 0 Å². The molecule has 10 radical (unpaired) electrons. The van der Waals surface area contributed by atoms with Crippen LogP contribution in [0.5, 0.6) is 0 Å². The fourth-order valence-electron chi connectivity index (χ4n) is 6.15. The monoisotopic (exact) mass is 752 g/mol. The Morgan fingerprint density at radius 2 is 0.627 bits per heavy atom. The SMILES string of the molecule is Cc1ccc(P([C]2[CH][CH][CH][C]2[C@H](C)N(C)C)c2ccc(C)cc2)cc1.Cc1ccc(P([C]2[CH][CH][CH][C]2[C@H](C)N(C)C)c2ccc(C)cc2)cc1.[Fe+2]. The summed E-state index contributed by atoms with van der Waals surface area (Å²) in [5.41, 5.74) is 8.20. The normalized spacial score (nSPS) is 17.2. The van der Waals surface area contributed by atoms with E-state index in [1.807, 2.05) is 0 Å². The van der Waals surface area contributed by atoms with Crippen molar-refractivity contribution in [3.05, 3.63) is 181 Å². The summed E-state index contributed by atoms with van der Waals surface area (Å²) in [6.07, 6.45) is 13.6. The van der Waals surface area contributed by atoms with Gasteiger partial charge in [0.05, 0.1) is 0 Å². The Morgan fingerprint density at radius 1 is 0.392 bits per heavy atom. The second kappa shape index (κ2) is 19.5. The number of hydrogen-bond acceptors (Lipinski definition) is 2. The van der Waals surface area contributed by atoms with Gasteiger partial charge in [0, 0.05) is 35.2 Å². The molecular formula is C46H54FeN2P2+2. The molecule has 5 heteroatoms. The molecule has 2 fully saturated rings. The van der Waals surface area contributed by atoms with Crippen LogP contribution < -0.4 is 21.2 Å². The third-order valence-corrected chi connectivity index (χ3v) is 14.8. The molecule has 4 aromatic rings. The molecule has 0 saturated heterocycles. The average Bonchev–Trinajstić information content (AvgIpc) is 3.79. The molecule has 0 aliphatic heterocycles. The smallest absolute Gasteiger partial charge is 0.306 e. The molecule has 0 bridgehead atoms. The molecule has 0 spiro atoms. The van der Waals surface area contributed by atoms with E-state index in [-0.39, 0.29) is 17.1 Å². The van der Waals surface area contributed by atoms with Crippen molar-refractivity contribution >= 4 is 37.1 Å². The second-order valence-electron chi connectivity index (χ2n) is 14.0. The first-order valence-corrected chi connectivity index (χ1v) is 20.3. The minimum absolute atomic E-state index is 0. The Hall–Kier alpha value is -1.82. The number of rotatable bonds is 10. The molecule has 0 unspecified atom stereocenters. The Morgan fingerprint density at radius 3 is 0.843 bits per heavy atom. The van der Waals surface area contributed by atoms with Crippen LogP contribution in [0.2, 0.25) is 0 Å². The molecule has 0 aromatic heterocycles. The first-order valence-electron chi connectivity index (χ1n) is 17.7. The summed E-state index contributed by atoms with van der Waals surface area (Å²) >= 11 is 0. The first-order chi connectivity index (χ1) is 23.9. The van der Waals surface area contributed by atoms with Gasteiger partial charge in [-0.15, -0.1) is 0 Å². The van der Waals surface area contributed by atoms with Crippen LogP contribution in [0.1, 0.15) is 36.1 Å². The molecule has 6 rings (SSSR count). The van der Waals surface area contributed by atoms with Gasteiger partial charge < -0.3 is 9.80 Å². The molecule has 4 aromatic carbocycles. The average molecular weight is 753 g/mol. The predicted molar refractivity (Wildman–Crippen MR) is 222 cm³/mol. The molecule has 0 heterocycles. The minimum Gasteiger partial charge on any atom is -0.306 e. The molecule has 51 heavy (non-hydrogen) atoms. The maximum atomic E-state index is 2.32. The van der Waals surface area contributed by atoms with E-state index >= 15 is 0 Å². The van der Waals surface area contributed by atoms with E-state index < -0.39 is 15.8 Å². The Kier molecular flexibility index (Phi) is 16.0. The third-order valence-electron chi connectivity index (χ3n) is 9.75. The van der Waals surface area contributed by atoms with E-state index in [0.29, 0.717) is 12.1 Å². The first kappa shape index (κ1) is 41.9. The molecule has 0 N–H and O–H groups in total. The summed E-state index contributed by atoms with van der Waals surface area (Å²) in [5.74, 6) is 2.88. The van der Waals surface area contributed by atoms with Gasteiger partial charge in [0.1, 0.15) is 0 Å². The van der Waals surface area contributed by atoms with E-state index in [1.54, 1.807) is 0 Å². The van der Waals surface area contributed by atoms with Crippen molar-refractivity contribution in [1.82, 2.24) is 9.80 Å². The van der Waals surface area contributed by atoms with E-state index in [9.17, 15) is 0 Å². The van der Waals surface area contributed by atoms with Crippen molar-refractivity contribution in [3.8, 4) is 0 Å².